The van der Waals surface area contributed by atoms with Gasteiger partial charge in [0.05, 0.1) is 6.10 Å². The zero-order chi connectivity index (χ0) is 13.8. The molecule has 0 aliphatic carbocycles. The number of benzene rings is 3. The second-order valence-electron chi connectivity index (χ2n) is 4.78. The third-order valence-corrected chi connectivity index (χ3v) is 3.41. The molecule has 3 aromatic carbocycles. The largest absolute Gasteiger partial charge is 0.384 e. The highest BCUT2D eigenvalue weighted by atomic mass is 16.3. The number of aliphatic hydroxyl groups is 1. The summed E-state index contributed by atoms with van der Waals surface area (Å²) in [5, 5.41) is 12.6. The molecule has 0 spiro atoms. The first-order valence-electron chi connectivity index (χ1n) is 6.73. The molecule has 3 rings (SSSR count). The molecule has 1 nitrogen and oxygen atoms in total. The molecule has 0 saturated heterocycles. The predicted octanol–water partition coefficient (Wildman–Crippen LogP) is 4.59. The number of rotatable bonds is 3. The minimum Gasteiger partial charge on any atom is -0.384 e. The van der Waals surface area contributed by atoms with Crippen molar-refractivity contribution in [1.29, 1.82) is 0 Å². The van der Waals surface area contributed by atoms with Gasteiger partial charge in [-0.1, -0.05) is 84.9 Å². The van der Waals surface area contributed by atoms with E-state index in [1.54, 1.807) is 0 Å². The second kappa shape index (κ2) is 5.72. The van der Waals surface area contributed by atoms with Crippen LogP contribution in [0.2, 0.25) is 0 Å². The van der Waals surface area contributed by atoms with Crippen molar-refractivity contribution in [1.82, 2.24) is 0 Å². The molecule has 0 aromatic heterocycles. The van der Waals surface area contributed by atoms with Crippen LogP contribution in [0.15, 0.2) is 78.9 Å². The minimum absolute atomic E-state index is 0.596. The average molecular weight is 260 g/mol. The van der Waals surface area contributed by atoms with Crippen LogP contribution < -0.4 is 0 Å². The van der Waals surface area contributed by atoms with Crippen LogP contribution in [0.4, 0.5) is 0 Å². The highest BCUT2D eigenvalue weighted by Gasteiger charge is 2.07. The smallest absolute Gasteiger partial charge is 0.0981 e. The van der Waals surface area contributed by atoms with Gasteiger partial charge in [-0.05, 0) is 21.9 Å². The number of hydrogen-bond donors (Lipinski definition) is 1. The van der Waals surface area contributed by atoms with Crippen LogP contribution in [-0.4, -0.2) is 5.11 Å². The Bertz CT molecular complexity index is 724. The molecule has 98 valence electrons. The van der Waals surface area contributed by atoms with Gasteiger partial charge in [-0.15, -0.1) is 0 Å². The van der Waals surface area contributed by atoms with Gasteiger partial charge in [0.1, 0.15) is 0 Å². The summed E-state index contributed by atoms with van der Waals surface area (Å²) in [6.07, 6.45) is 3.19. The Morgan fingerprint density at radius 2 is 1.45 bits per heavy atom. The average Bonchev–Trinajstić information content (AvgIpc) is 2.53. The second-order valence-corrected chi connectivity index (χ2v) is 4.78. The third kappa shape index (κ3) is 2.63. The van der Waals surface area contributed by atoms with Crippen molar-refractivity contribution in [3.05, 3.63) is 90.0 Å². The van der Waals surface area contributed by atoms with Crippen molar-refractivity contribution in [3.8, 4) is 0 Å². The van der Waals surface area contributed by atoms with E-state index in [2.05, 4.69) is 12.1 Å². The summed E-state index contributed by atoms with van der Waals surface area (Å²) < 4.78 is 0. The molecule has 20 heavy (non-hydrogen) atoms. The first kappa shape index (κ1) is 12.6. The molecular formula is C19H16O. The molecule has 0 aliphatic rings. The normalized spacial score (nSPS) is 12.8. The quantitative estimate of drug-likeness (QED) is 0.730. The van der Waals surface area contributed by atoms with Crippen molar-refractivity contribution in [2.24, 2.45) is 0 Å². The standard InChI is InChI=1S/C19H16O/c20-19(14-13-15-7-2-1-3-8-15)18-12-6-10-16-9-4-5-11-17(16)18/h1-14,19-20H/b14-13+. The van der Waals surface area contributed by atoms with Gasteiger partial charge in [0.15, 0.2) is 0 Å². The van der Waals surface area contributed by atoms with Crippen LogP contribution in [-0.2, 0) is 0 Å². The fourth-order valence-electron chi connectivity index (χ4n) is 2.38. The summed E-state index contributed by atoms with van der Waals surface area (Å²) in [5.41, 5.74) is 2.03. The number of hydrogen-bond acceptors (Lipinski definition) is 1. The van der Waals surface area contributed by atoms with Crippen LogP contribution in [0, 0.1) is 0 Å². The number of fused-ring (bicyclic) bond motifs is 1. The lowest BCUT2D eigenvalue weighted by atomic mass is 10.00. The van der Waals surface area contributed by atoms with Gasteiger partial charge >= 0.3 is 0 Å². The van der Waals surface area contributed by atoms with Crippen molar-refractivity contribution in [2.45, 2.75) is 6.10 Å². The van der Waals surface area contributed by atoms with E-state index in [4.69, 9.17) is 0 Å². The molecule has 0 fully saturated rings. The molecule has 0 saturated carbocycles. The molecule has 0 heterocycles. The summed E-state index contributed by atoms with van der Waals surface area (Å²) in [4.78, 5) is 0. The first-order chi connectivity index (χ1) is 9.84. The minimum atomic E-state index is -0.596. The van der Waals surface area contributed by atoms with E-state index in [1.165, 1.54) is 0 Å². The summed E-state index contributed by atoms with van der Waals surface area (Å²) in [6.45, 7) is 0. The lowest BCUT2D eigenvalue weighted by molar-refractivity contribution is 0.231. The van der Waals surface area contributed by atoms with Gasteiger partial charge in [-0.25, -0.2) is 0 Å². The van der Waals surface area contributed by atoms with E-state index in [1.807, 2.05) is 72.8 Å². The Hall–Kier alpha value is -2.38. The lowest BCUT2D eigenvalue weighted by Crippen LogP contribution is -1.94. The Balaban J connectivity index is 1.93. The van der Waals surface area contributed by atoms with Gasteiger partial charge in [0.25, 0.3) is 0 Å². The molecule has 1 atom stereocenters. The highest BCUT2D eigenvalue weighted by Crippen LogP contribution is 2.25. The summed E-state index contributed by atoms with van der Waals surface area (Å²) in [6, 6.07) is 24.1. The molecule has 1 heteroatoms. The van der Waals surface area contributed by atoms with Crippen molar-refractivity contribution < 1.29 is 5.11 Å². The van der Waals surface area contributed by atoms with E-state index >= 15 is 0 Å². The highest BCUT2D eigenvalue weighted by molar-refractivity contribution is 5.86. The molecule has 0 amide bonds. The van der Waals surface area contributed by atoms with Crippen LogP contribution in [0.25, 0.3) is 16.8 Å². The number of aliphatic hydroxyl groups excluding tert-OH is 1. The van der Waals surface area contributed by atoms with E-state index < -0.39 is 6.10 Å². The Kier molecular flexibility index (Phi) is 3.62. The van der Waals surface area contributed by atoms with Gasteiger partial charge < -0.3 is 5.11 Å². The SMILES string of the molecule is OC(/C=C/c1ccccc1)c1cccc2ccccc12. The topological polar surface area (TPSA) is 20.2 Å². The van der Waals surface area contributed by atoms with Crippen molar-refractivity contribution >= 4 is 16.8 Å². The summed E-state index contributed by atoms with van der Waals surface area (Å²) in [5.74, 6) is 0. The molecule has 1 unspecified atom stereocenters. The fourth-order valence-corrected chi connectivity index (χ4v) is 2.38. The molecular weight excluding hydrogens is 244 g/mol. The van der Waals surface area contributed by atoms with Crippen molar-refractivity contribution in [3.63, 3.8) is 0 Å². The van der Waals surface area contributed by atoms with Gasteiger partial charge in [-0.2, -0.15) is 0 Å². The van der Waals surface area contributed by atoms with Crippen LogP contribution in [0.3, 0.4) is 0 Å². The van der Waals surface area contributed by atoms with Crippen LogP contribution in [0.1, 0.15) is 17.2 Å². The van der Waals surface area contributed by atoms with Gasteiger partial charge in [-0.3, -0.25) is 0 Å². The summed E-state index contributed by atoms with van der Waals surface area (Å²) in [7, 11) is 0. The van der Waals surface area contributed by atoms with Gasteiger partial charge in [0.2, 0.25) is 0 Å². The fraction of sp³-hybridized carbons (Fsp3) is 0.0526. The van der Waals surface area contributed by atoms with E-state index in [0.29, 0.717) is 0 Å². The Labute approximate surface area is 118 Å². The van der Waals surface area contributed by atoms with Crippen LogP contribution in [0.5, 0.6) is 0 Å². The summed E-state index contributed by atoms with van der Waals surface area (Å²) >= 11 is 0. The molecule has 3 aromatic rings. The first-order valence-corrected chi connectivity index (χ1v) is 6.73. The molecule has 0 bridgehead atoms. The van der Waals surface area contributed by atoms with E-state index in [9.17, 15) is 5.11 Å². The maximum absolute atomic E-state index is 10.4. The predicted molar refractivity (Wildman–Crippen MR) is 84.4 cm³/mol. The monoisotopic (exact) mass is 260 g/mol. The maximum Gasteiger partial charge on any atom is 0.0981 e. The molecule has 1 N–H and O–H groups in total. The van der Waals surface area contributed by atoms with E-state index in [0.717, 1.165) is 21.9 Å². The van der Waals surface area contributed by atoms with Crippen LogP contribution >= 0.6 is 0 Å². The van der Waals surface area contributed by atoms with Crippen molar-refractivity contribution in [2.75, 3.05) is 0 Å². The van der Waals surface area contributed by atoms with E-state index in [-0.39, 0.29) is 0 Å². The zero-order valence-electron chi connectivity index (χ0n) is 11.1. The van der Waals surface area contributed by atoms with Gasteiger partial charge in [0, 0.05) is 0 Å². The Morgan fingerprint density at radius 3 is 2.30 bits per heavy atom. The molecule has 0 aliphatic heterocycles. The zero-order valence-corrected chi connectivity index (χ0v) is 11.1. The molecule has 0 radical (unpaired) electrons. The lowest BCUT2D eigenvalue weighted by Gasteiger charge is -2.10. The maximum atomic E-state index is 10.4. The third-order valence-electron chi connectivity index (χ3n) is 3.41. The Morgan fingerprint density at radius 1 is 0.750 bits per heavy atom.